The molecule has 7 heteroatoms. The van der Waals surface area contributed by atoms with Crippen molar-refractivity contribution in [1.82, 2.24) is 24.7 Å². The molecule has 1 aromatic heterocycles. The molecule has 7 nitrogen and oxygen atoms in total. The number of carbonyl (C=O) groups excluding carboxylic acids is 1. The van der Waals surface area contributed by atoms with Gasteiger partial charge in [-0.15, -0.1) is 0 Å². The van der Waals surface area contributed by atoms with Gasteiger partial charge in [0.15, 0.2) is 0 Å². The molecule has 2 heterocycles. The second kappa shape index (κ2) is 10.3. The maximum atomic E-state index is 13.0. The van der Waals surface area contributed by atoms with E-state index in [4.69, 9.17) is 0 Å². The third-order valence-electron chi connectivity index (χ3n) is 5.05. The van der Waals surface area contributed by atoms with Crippen LogP contribution in [0.4, 0.5) is 5.95 Å². The Morgan fingerprint density at radius 3 is 2.52 bits per heavy atom. The summed E-state index contributed by atoms with van der Waals surface area (Å²) in [5.41, 5.74) is 2.59. The Labute approximate surface area is 173 Å². The van der Waals surface area contributed by atoms with Gasteiger partial charge in [0.2, 0.25) is 5.95 Å². The van der Waals surface area contributed by atoms with Crippen molar-refractivity contribution in [2.24, 2.45) is 0 Å². The van der Waals surface area contributed by atoms with Gasteiger partial charge in [-0.05, 0) is 45.6 Å². The van der Waals surface area contributed by atoms with Gasteiger partial charge in [0, 0.05) is 45.0 Å². The minimum Gasteiger partial charge on any atom is -0.354 e. The van der Waals surface area contributed by atoms with Gasteiger partial charge in [-0.3, -0.25) is 9.69 Å². The minimum absolute atomic E-state index is 0.00815. The zero-order chi connectivity index (χ0) is 20.6. The van der Waals surface area contributed by atoms with Crippen molar-refractivity contribution in [2.45, 2.75) is 19.9 Å². The fourth-order valence-electron chi connectivity index (χ4n) is 3.47. The Kier molecular flexibility index (Phi) is 7.55. The minimum atomic E-state index is -0.00815. The second-order valence-electron chi connectivity index (χ2n) is 7.86. The van der Waals surface area contributed by atoms with Crippen molar-refractivity contribution >= 4 is 11.9 Å². The first-order valence-electron chi connectivity index (χ1n) is 10.3. The van der Waals surface area contributed by atoms with Crippen molar-refractivity contribution < 1.29 is 4.79 Å². The van der Waals surface area contributed by atoms with Gasteiger partial charge in [-0.2, -0.15) is 0 Å². The average molecular weight is 397 g/mol. The number of hydrogen-bond donors (Lipinski definition) is 1. The Hall–Kier alpha value is -2.51. The molecule has 0 aliphatic carbocycles. The van der Waals surface area contributed by atoms with Crippen molar-refractivity contribution in [3.63, 3.8) is 0 Å². The molecule has 1 aromatic carbocycles. The van der Waals surface area contributed by atoms with Gasteiger partial charge in [0.05, 0.1) is 0 Å². The molecule has 1 aliphatic heterocycles. The molecule has 0 radical (unpaired) electrons. The largest absolute Gasteiger partial charge is 0.354 e. The Bertz CT molecular complexity index is 787. The molecular weight excluding hydrogens is 364 g/mol. The summed E-state index contributed by atoms with van der Waals surface area (Å²) in [4.78, 5) is 28.3. The summed E-state index contributed by atoms with van der Waals surface area (Å²) in [5.74, 6) is 0.529. The van der Waals surface area contributed by atoms with Crippen LogP contribution in [0.15, 0.2) is 36.4 Å². The molecule has 3 rings (SSSR count). The lowest BCUT2D eigenvalue weighted by Gasteiger charge is -2.34. The van der Waals surface area contributed by atoms with E-state index in [0.29, 0.717) is 11.6 Å². The van der Waals surface area contributed by atoms with Gasteiger partial charge < -0.3 is 15.1 Å². The molecule has 1 N–H and O–H groups in total. The van der Waals surface area contributed by atoms with Crippen LogP contribution >= 0.6 is 0 Å². The lowest BCUT2D eigenvalue weighted by Crippen LogP contribution is -2.48. The zero-order valence-electron chi connectivity index (χ0n) is 17.8. The lowest BCUT2D eigenvalue weighted by atomic mass is 10.2. The molecule has 1 amide bonds. The van der Waals surface area contributed by atoms with Crippen molar-refractivity contribution in [3.8, 4) is 0 Å². The average Bonchev–Trinajstić information content (AvgIpc) is 2.71. The fourth-order valence-corrected chi connectivity index (χ4v) is 3.47. The summed E-state index contributed by atoms with van der Waals surface area (Å²) < 4.78 is 0. The van der Waals surface area contributed by atoms with Crippen LogP contribution in [0.3, 0.4) is 0 Å². The molecule has 0 bridgehead atoms. The highest BCUT2D eigenvalue weighted by Gasteiger charge is 2.23. The van der Waals surface area contributed by atoms with E-state index in [-0.39, 0.29) is 5.91 Å². The number of piperazine rings is 1. The highest BCUT2D eigenvalue weighted by atomic mass is 16.2. The fraction of sp³-hybridized carbons (Fsp3) is 0.500. The highest BCUT2D eigenvalue weighted by Crippen LogP contribution is 2.12. The molecule has 0 atom stereocenters. The predicted molar refractivity (Wildman–Crippen MR) is 116 cm³/mol. The number of benzene rings is 1. The maximum absolute atomic E-state index is 13.0. The number of nitrogens with one attached hydrogen (secondary N) is 1. The van der Waals surface area contributed by atoms with Gasteiger partial charge in [-0.1, -0.05) is 30.3 Å². The van der Waals surface area contributed by atoms with E-state index in [0.717, 1.165) is 57.9 Å². The van der Waals surface area contributed by atoms with E-state index in [9.17, 15) is 4.79 Å². The summed E-state index contributed by atoms with van der Waals surface area (Å²) in [5, 5.41) is 3.25. The summed E-state index contributed by atoms with van der Waals surface area (Å²) in [6, 6.07) is 12.2. The molecule has 1 saturated heterocycles. The van der Waals surface area contributed by atoms with Crippen LogP contribution in [0.1, 0.15) is 28.2 Å². The van der Waals surface area contributed by atoms with E-state index in [2.05, 4.69) is 63.4 Å². The first-order valence-corrected chi connectivity index (χ1v) is 10.3. The van der Waals surface area contributed by atoms with Crippen LogP contribution < -0.4 is 5.32 Å². The van der Waals surface area contributed by atoms with Crippen molar-refractivity contribution in [3.05, 3.63) is 53.3 Å². The summed E-state index contributed by atoms with van der Waals surface area (Å²) in [6.07, 6.45) is 0.997. The number of hydrogen-bond acceptors (Lipinski definition) is 6. The molecule has 0 unspecified atom stereocenters. The summed E-state index contributed by atoms with van der Waals surface area (Å²) in [7, 11) is 4.11. The van der Waals surface area contributed by atoms with Gasteiger partial charge in [0.1, 0.15) is 5.69 Å². The van der Waals surface area contributed by atoms with Crippen LogP contribution in [0.25, 0.3) is 0 Å². The van der Waals surface area contributed by atoms with Crippen LogP contribution in [0.5, 0.6) is 0 Å². The molecule has 2 aromatic rings. The monoisotopic (exact) mass is 396 g/mol. The summed E-state index contributed by atoms with van der Waals surface area (Å²) >= 11 is 0. The number of amides is 1. The van der Waals surface area contributed by atoms with Crippen molar-refractivity contribution in [2.75, 3.05) is 58.7 Å². The van der Waals surface area contributed by atoms with E-state index in [1.165, 1.54) is 5.56 Å². The maximum Gasteiger partial charge on any atom is 0.272 e. The Morgan fingerprint density at radius 2 is 1.83 bits per heavy atom. The number of anilines is 1. The van der Waals surface area contributed by atoms with Crippen LogP contribution in [-0.4, -0.2) is 83.9 Å². The molecular formula is C22H32N6O. The molecule has 29 heavy (non-hydrogen) atoms. The van der Waals surface area contributed by atoms with E-state index >= 15 is 0 Å². The van der Waals surface area contributed by atoms with Crippen LogP contribution in [-0.2, 0) is 6.54 Å². The predicted octanol–water partition coefficient (Wildman–Crippen LogP) is 2.11. The van der Waals surface area contributed by atoms with E-state index < -0.39 is 0 Å². The van der Waals surface area contributed by atoms with Gasteiger partial charge >= 0.3 is 0 Å². The zero-order valence-corrected chi connectivity index (χ0v) is 17.8. The van der Waals surface area contributed by atoms with Crippen LogP contribution in [0.2, 0.25) is 0 Å². The Balaban J connectivity index is 1.53. The Morgan fingerprint density at radius 1 is 1.10 bits per heavy atom. The topological polar surface area (TPSA) is 64.6 Å². The first kappa shape index (κ1) is 21.2. The van der Waals surface area contributed by atoms with Gasteiger partial charge in [-0.25, -0.2) is 9.97 Å². The number of carbonyl (C=O) groups is 1. The molecule has 1 fully saturated rings. The number of rotatable bonds is 8. The summed E-state index contributed by atoms with van der Waals surface area (Å²) in [6.45, 7) is 7.81. The number of aryl methyl sites for hydroxylation is 1. The van der Waals surface area contributed by atoms with Gasteiger partial charge in [0.25, 0.3) is 5.91 Å². The second-order valence-corrected chi connectivity index (χ2v) is 7.86. The number of nitrogens with zero attached hydrogens (tertiary/aromatic N) is 5. The smallest absolute Gasteiger partial charge is 0.272 e. The molecule has 0 spiro atoms. The standard InChI is InChI=1S/C22H32N6O/c1-18-16-20(25-22(24-18)23-10-7-11-26(2)3)21(29)28-14-12-27(13-15-28)17-19-8-5-4-6-9-19/h4-6,8-9,16H,7,10-15,17H2,1-3H3,(H,23,24,25). The molecule has 0 saturated carbocycles. The van der Waals surface area contributed by atoms with Crippen molar-refractivity contribution in [1.29, 1.82) is 0 Å². The van der Waals surface area contributed by atoms with E-state index in [1.807, 2.05) is 17.9 Å². The normalized spacial score (nSPS) is 15.0. The molecule has 156 valence electrons. The SMILES string of the molecule is Cc1cc(C(=O)N2CCN(Cc3ccccc3)CC2)nc(NCCCN(C)C)n1. The highest BCUT2D eigenvalue weighted by molar-refractivity contribution is 5.92. The third-order valence-corrected chi connectivity index (χ3v) is 5.05. The third kappa shape index (κ3) is 6.51. The van der Waals surface area contributed by atoms with E-state index in [1.54, 1.807) is 6.07 Å². The lowest BCUT2D eigenvalue weighted by molar-refractivity contribution is 0.0622. The van der Waals surface area contributed by atoms with Crippen LogP contribution in [0, 0.1) is 6.92 Å². The number of aromatic nitrogens is 2. The molecule has 1 aliphatic rings. The first-order chi connectivity index (χ1) is 14.0. The quantitative estimate of drug-likeness (QED) is 0.690.